The highest BCUT2D eigenvalue weighted by Crippen LogP contribution is 2.30. The molecule has 148 valence electrons. The normalized spacial score (nSPS) is 11.1. The molecule has 0 unspecified atom stereocenters. The first-order chi connectivity index (χ1) is 14.7. The second kappa shape index (κ2) is 7.48. The van der Waals surface area contributed by atoms with Crippen molar-refractivity contribution in [1.82, 2.24) is 34.5 Å². The van der Waals surface area contributed by atoms with E-state index in [4.69, 9.17) is 9.72 Å². The molecular formula is C20H15N7O2S. The Morgan fingerprint density at radius 2 is 1.93 bits per heavy atom. The van der Waals surface area contributed by atoms with E-state index in [0.717, 1.165) is 32.5 Å². The van der Waals surface area contributed by atoms with Gasteiger partial charge in [-0.1, -0.05) is 6.07 Å². The van der Waals surface area contributed by atoms with Crippen LogP contribution in [-0.2, 0) is 6.61 Å². The molecule has 0 amide bonds. The van der Waals surface area contributed by atoms with Crippen LogP contribution in [0.2, 0.25) is 0 Å². The summed E-state index contributed by atoms with van der Waals surface area (Å²) in [6.45, 7) is 2.24. The average molecular weight is 417 g/mol. The van der Waals surface area contributed by atoms with Gasteiger partial charge in [0.2, 0.25) is 0 Å². The van der Waals surface area contributed by atoms with Gasteiger partial charge in [-0.25, -0.2) is 29.8 Å². The molecule has 0 atom stereocenters. The third-order valence-electron chi connectivity index (χ3n) is 4.40. The first kappa shape index (κ1) is 18.1. The monoisotopic (exact) mass is 417 g/mol. The van der Waals surface area contributed by atoms with Gasteiger partial charge in [-0.2, -0.15) is 5.10 Å². The van der Waals surface area contributed by atoms with Crippen molar-refractivity contribution in [3.63, 3.8) is 0 Å². The summed E-state index contributed by atoms with van der Waals surface area (Å²) in [6, 6.07) is 11.5. The number of aromatic amines is 1. The Labute approximate surface area is 174 Å². The van der Waals surface area contributed by atoms with Gasteiger partial charge in [0.15, 0.2) is 5.65 Å². The molecule has 9 nitrogen and oxygen atoms in total. The van der Waals surface area contributed by atoms with Gasteiger partial charge in [-0.05, 0) is 37.3 Å². The number of rotatable bonds is 5. The van der Waals surface area contributed by atoms with Crippen molar-refractivity contribution in [3.05, 3.63) is 76.2 Å². The highest BCUT2D eigenvalue weighted by atomic mass is 32.1. The van der Waals surface area contributed by atoms with Crippen LogP contribution in [0.3, 0.4) is 0 Å². The molecule has 0 saturated carbocycles. The summed E-state index contributed by atoms with van der Waals surface area (Å²) in [7, 11) is 0. The molecule has 0 aromatic carbocycles. The summed E-state index contributed by atoms with van der Waals surface area (Å²) >= 11 is 1.52. The molecule has 0 saturated heterocycles. The maximum atomic E-state index is 11.7. The van der Waals surface area contributed by atoms with Crippen molar-refractivity contribution in [1.29, 1.82) is 0 Å². The number of aryl methyl sites for hydroxylation is 1. The molecule has 5 aromatic heterocycles. The Hall–Kier alpha value is -3.92. The molecular weight excluding hydrogens is 402 g/mol. The van der Waals surface area contributed by atoms with Crippen LogP contribution in [0.25, 0.3) is 27.5 Å². The molecule has 5 rings (SSSR count). The van der Waals surface area contributed by atoms with Gasteiger partial charge >= 0.3 is 11.7 Å². The van der Waals surface area contributed by atoms with Gasteiger partial charge in [0, 0.05) is 24.2 Å². The molecule has 0 aliphatic rings. The fourth-order valence-corrected chi connectivity index (χ4v) is 3.97. The van der Waals surface area contributed by atoms with Crippen molar-refractivity contribution >= 4 is 17.0 Å². The van der Waals surface area contributed by atoms with Crippen LogP contribution in [0, 0.1) is 6.92 Å². The van der Waals surface area contributed by atoms with E-state index in [1.807, 2.05) is 37.3 Å². The van der Waals surface area contributed by atoms with Crippen molar-refractivity contribution < 1.29 is 4.74 Å². The molecule has 0 radical (unpaired) electrons. The fourth-order valence-electron chi connectivity index (χ4n) is 3.02. The lowest BCUT2D eigenvalue weighted by atomic mass is 10.1. The molecule has 5 heterocycles. The Balaban J connectivity index is 1.43. The summed E-state index contributed by atoms with van der Waals surface area (Å²) < 4.78 is 7.05. The Morgan fingerprint density at radius 1 is 1.10 bits per heavy atom. The highest BCUT2D eigenvalue weighted by molar-refractivity contribution is 7.15. The van der Waals surface area contributed by atoms with Crippen molar-refractivity contribution in [2.75, 3.05) is 0 Å². The molecule has 0 spiro atoms. The molecule has 1 N–H and O–H groups in total. The van der Waals surface area contributed by atoms with Crippen LogP contribution < -0.4 is 10.4 Å². The third kappa shape index (κ3) is 3.44. The second-order valence-electron chi connectivity index (χ2n) is 6.42. The first-order valence-corrected chi connectivity index (χ1v) is 9.90. The largest absolute Gasteiger partial charge is 0.456 e. The molecule has 10 heteroatoms. The number of fused-ring (bicyclic) bond motifs is 1. The zero-order valence-corrected chi connectivity index (χ0v) is 16.6. The minimum atomic E-state index is -0.269. The van der Waals surface area contributed by atoms with E-state index in [9.17, 15) is 4.79 Å². The quantitative estimate of drug-likeness (QED) is 0.468. The lowest BCUT2D eigenvalue weighted by molar-refractivity contribution is 0.280. The summed E-state index contributed by atoms with van der Waals surface area (Å²) in [5.41, 5.74) is 3.63. The molecule has 0 bridgehead atoms. The van der Waals surface area contributed by atoms with E-state index in [1.54, 1.807) is 24.7 Å². The zero-order valence-electron chi connectivity index (χ0n) is 15.8. The molecule has 0 aliphatic heterocycles. The maximum Gasteiger partial charge on any atom is 0.347 e. The number of aromatic nitrogens is 7. The van der Waals surface area contributed by atoms with Crippen LogP contribution in [0.4, 0.5) is 0 Å². The number of pyridine rings is 2. The third-order valence-corrected chi connectivity index (χ3v) is 5.56. The Morgan fingerprint density at radius 3 is 2.80 bits per heavy atom. The van der Waals surface area contributed by atoms with Gasteiger partial charge in [-0.3, -0.25) is 4.40 Å². The smallest absolute Gasteiger partial charge is 0.347 e. The van der Waals surface area contributed by atoms with Gasteiger partial charge in [0.25, 0.3) is 0 Å². The maximum absolute atomic E-state index is 11.7. The number of ether oxygens (including phenoxy) is 1. The minimum absolute atomic E-state index is 0.269. The number of nitrogens with zero attached hydrogens (tertiary/aromatic N) is 6. The Kier molecular flexibility index (Phi) is 4.52. The van der Waals surface area contributed by atoms with Crippen LogP contribution >= 0.6 is 11.3 Å². The van der Waals surface area contributed by atoms with Gasteiger partial charge in [0.05, 0.1) is 22.0 Å². The number of nitrogens with one attached hydrogen (secondary N) is 1. The van der Waals surface area contributed by atoms with E-state index in [1.165, 1.54) is 15.7 Å². The average Bonchev–Trinajstić information content (AvgIpc) is 3.35. The van der Waals surface area contributed by atoms with Gasteiger partial charge < -0.3 is 4.74 Å². The summed E-state index contributed by atoms with van der Waals surface area (Å²) in [4.78, 5) is 30.1. The van der Waals surface area contributed by atoms with Gasteiger partial charge in [0.1, 0.15) is 11.6 Å². The van der Waals surface area contributed by atoms with Crippen LogP contribution in [0.1, 0.15) is 10.7 Å². The predicted molar refractivity (Wildman–Crippen MR) is 111 cm³/mol. The molecule has 5 aromatic rings. The van der Waals surface area contributed by atoms with E-state index < -0.39 is 0 Å². The van der Waals surface area contributed by atoms with E-state index in [-0.39, 0.29) is 5.69 Å². The van der Waals surface area contributed by atoms with Crippen LogP contribution in [0.5, 0.6) is 6.01 Å². The van der Waals surface area contributed by atoms with E-state index >= 15 is 0 Å². The Bertz CT molecular complexity index is 1390. The zero-order chi connectivity index (χ0) is 20.5. The molecule has 30 heavy (non-hydrogen) atoms. The van der Waals surface area contributed by atoms with Crippen molar-refractivity contribution in [2.24, 2.45) is 0 Å². The number of H-pyrrole nitrogens is 1. The minimum Gasteiger partial charge on any atom is -0.456 e. The van der Waals surface area contributed by atoms with Crippen LogP contribution in [0.15, 0.2) is 59.8 Å². The predicted octanol–water partition coefficient (Wildman–Crippen LogP) is 2.89. The second-order valence-corrected chi connectivity index (χ2v) is 7.51. The topological polar surface area (TPSA) is 111 Å². The van der Waals surface area contributed by atoms with E-state index in [2.05, 4.69) is 25.1 Å². The number of hydrogen-bond acceptors (Lipinski definition) is 8. The number of thiazole rings is 1. The summed E-state index contributed by atoms with van der Waals surface area (Å²) in [5.74, 6) is 0. The number of hydrogen-bond donors (Lipinski definition) is 1. The highest BCUT2D eigenvalue weighted by Gasteiger charge is 2.13. The standard InChI is InChI=1S/C20H15N7O2S/c1-12-18(30-17(23-12)11-29-19-21-7-3-8-22-19)15-5-2-4-14(24-15)13-6-9-27-16(10-13)25-26-20(27)28/h2-10H,11H2,1H3,(H,26,28). The lowest BCUT2D eigenvalue weighted by Crippen LogP contribution is -2.08. The molecule has 0 fully saturated rings. The van der Waals surface area contributed by atoms with Gasteiger partial charge in [-0.15, -0.1) is 11.3 Å². The summed E-state index contributed by atoms with van der Waals surface area (Å²) in [5, 5.41) is 7.27. The lowest BCUT2D eigenvalue weighted by Gasteiger charge is -2.04. The van der Waals surface area contributed by atoms with Crippen LogP contribution in [-0.4, -0.2) is 34.5 Å². The SMILES string of the molecule is Cc1nc(COc2ncccn2)sc1-c1cccc(-c2ccn3c(=O)[nH]nc3c2)n1. The fraction of sp³-hybridized carbons (Fsp3) is 0.100. The van der Waals surface area contributed by atoms with Crippen molar-refractivity contribution in [2.45, 2.75) is 13.5 Å². The summed E-state index contributed by atoms with van der Waals surface area (Å²) in [6.07, 6.45) is 4.95. The van der Waals surface area contributed by atoms with E-state index in [0.29, 0.717) is 18.3 Å². The van der Waals surface area contributed by atoms with Crippen molar-refractivity contribution in [3.8, 4) is 27.8 Å². The molecule has 0 aliphatic carbocycles. The first-order valence-electron chi connectivity index (χ1n) is 9.08.